The van der Waals surface area contributed by atoms with Crippen LogP contribution in [0.1, 0.15) is 50.4 Å². The Balaban J connectivity index is 1.20. The Morgan fingerprint density at radius 2 is 1.75 bits per heavy atom. The van der Waals surface area contributed by atoms with E-state index < -0.39 is 0 Å². The quantitative estimate of drug-likeness (QED) is 0.156. The highest BCUT2D eigenvalue weighted by atomic mass is 32.1. The lowest BCUT2D eigenvalue weighted by Crippen LogP contribution is -2.20. The predicted molar refractivity (Wildman–Crippen MR) is 159 cm³/mol. The maximum atomic E-state index is 11.4. The molecule has 0 saturated heterocycles. The summed E-state index contributed by atoms with van der Waals surface area (Å²) in [6, 6.07) is 21.9. The molecule has 0 aliphatic carbocycles. The van der Waals surface area contributed by atoms with Crippen LogP contribution in [0.2, 0.25) is 0 Å². The van der Waals surface area contributed by atoms with Crippen molar-refractivity contribution in [2.24, 2.45) is 0 Å². The van der Waals surface area contributed by atoms with Crippen molar-refractivity contribution in [1.82, 2.24) is 10.1 Å². The van der Waals surface area contributed by atoms with E-state index in [9.17, 15) is 9.90 Å². The zero-order valence-electron chi connectivity index (χ0n) is 23.0. The van der Waals surface area contributed by atoms with Crippen LogP contribution in [0.25, 0.3) is 21.4 Å². The van der Waals surface area contributed by atoms with E-state index in [2.05, 4.69) is 61.2 Å². The minimum absolute atomic E-state index is 0.0732. The molecule has 0 atom stereocenters. The maximum Gasteiger partial charge on any atom is 0.307 e. The first-order valence-corrected chi connectivity index (χ1v) is 14.4. The molecule has 0 radical (unpaired) electrons. The van der Waals surface area contributed by atoms with E-state index in [0.29, 0.717) is 30.3 Å². The number of aryl methyl sites for hydroxylation is 1. The second-order valence-corrected chi connectivity index (χ2v) is 11.5. The molecule has 0 saturated carbocycles. The summed E-state index contributed by atoms with van der Waals surface area (Å²) >= 11 is 0.974. The largest absolute Gasteiger partial charge is 0.493 e. The predicted octanol–water partition coefficient (Wildman–Crippen LogP) is 7.27. The number of hydrogen-bond donors (Lipinski definition) is 2. The molecule has 2 N–H and O–H groups in total. The minimum atomic E-state index is -0.287. The Morgan fingerprint density at radius 1 is 1.00 bits per heavy atom. The first kappa shape index (κ1) is 27.5. The van der Waals surface area contributed by atoms with E-state index >= 15 is 0 Å². The summed E-state index contributed by atoms with van der Waals surface area (Å²) in [6.07, 6.45) is 3.30. The highest BCUT2D eigenvalue weighted by Crippen LogP contribution is 2.35. The van der Waals surface area contributed by atoms with Gasteiger partial charge in [0.05, 0.1) is 23.8 Å². The fourth-order valence-corrected chi connectivity index (χ4v) is 5.63. The van der Waals surface area contributed by atoms with Gasteiger partial charge in [-0.25, -0.2) is 0 Å². The van der Waals surface area contributed by atoms with Gasteiger partial charge in [0.1, 0.15) is 11.5 Å². The molecule has 5 rings (SSSR count). The van der Waals surface area contributed by atoms with Gasteiger partial charge in [-0.3, -0.25) is 9.78 Å². The SMILES string of the molecule is CCCc1c(OCCCOc2ccc(-c3sc(=O)[nH]c3O)cc2)ccc2c(CC(C)(C)c3ccccc3)noc12. The van der Waals surface area contributed by atoms with Crippen LogP contribution < -0.4 is 14.3 Å². The van der Waals surface area contributed by atoms with Crippen molar-refractivity contribution >= 4 is 22.3 Å². The molecule has 0 spiro atoms. The molecule has 0 aliphatic rings. The molecule has 3 aromatic carbocycles. The van der Waals surface area contributed by atoms with Gasteiger partial charge in [-0.05, 0) is 59.4 Å². The van der Waals surface area contributed by atoms with E-state index in [-0.39, 0.29) is 16.2 Å². The van der Waals surface area contributed by atoms with Gasteiger partial charge in [0, 0.05) is 23.8 Å². The van der Waals surface area contributed by atoms with Crippen molar-refractivity contribution in [1.29, 1.82) is 0 Å². The molecular formula is C32H34N2O5S. The number of ether oxygens (including phenoxy) is 2. The Morgan fingerprint density at radius 3 is 2.45 bits per heavy atom. The fourth-order valence-electron chi connectivity index (χ4n) is 4.90. The molecule has 2 heterocycles. The number of aromatic nitrogens is 2. The molecule has 5 aromatic rings. The highest BCUT2D eigenvalue weighted by molar-refractivity contribution is 7.13. The smallest absolute Gasteiger partial charge is 0.307 e. The monoisotopic (exact) mass is 558 g/mol. The molecule has 208 valence electrons. The molecule has 0 amide bonds. The first-order valence-electron chi connectivity index (χ1n) is 13.6. The Labute approximate surface area is 237 Å². The normalized spacial score (nSPS) is 11.7. The van der Waals surface area contributed by atoms with Gasteiger partial charge in [-0.1, -0.05) is 74.0 Å². The molecule has 0 bridgehead atoms. The van der Waals surface area contributed by atoms with Crippen molar-refractivity contribution < 1.29 is 19.1 Å². The summed E-state index contributed by atoms with van der Waals surface area (Å²) in [5.41, 5.74) is 4.80. The third-order valence-electron chi connectivity index (χ3n) is 7.00. The second-order valence-electron chi connectivity index (χ2n) is 10.5. The van der Waals surface area contributed by atoms with Crippen LogP contribution in [0.5, 0.6) is 17.4 Å². The number of aromatic hydroxyl groups is 1. The first-order chi connectivity index (χ1) is 19.4. The summed E-state index contributed by atoms with van der Waals surface area (Å²) in [4.78, 5) is 14.1. The average Bonchev–Trinajstić information content (AvgIpc) is 3.51. The van der Waals surface area contributed by atoms with Crippen molar-refractivity contribution in [3.05, 3.63) is 93.2 Å². The van der Waals surface area contributed by atoms with E-state index in [4.69, 9.17) is 14.0 Å². The van der Waals surface area contributed by atoms with E-state index in [1.807, 2.05) is 36.4 Å². The van der Waals surface area contributed by atoms with Gasteiger partial charge < -0.3 is 19.1 Å². The standard InChI is InChI=1S/C32H34N2O5S/c1-4-9-25-27(17-16-24-26(34-39-28(24)25)20-32(2,3)22-10-6-5-7-11-22)38-19-8-18-37-23-14-12-21(13-15-23)29-30(35)33-31(36)40-29/h5-7,10-17,35H,4,8-9,18-20H2,1-3H3,(H,33,36). The van der Waals surface area contributed by atoms with Gasteiger partial charge in [0.2, 0.25) is 5.88 Å². The number of aromatic amines is 1. The molecule has 40 heavy (non-hydrogen) atoms. The maximum absolute atomic E-state index is 11.4. The summed E-state index contributed by atoms with van der Waals surface area (Å²) in [7, 11) is 0. The van der Waals surface area contributed by atoms with Gasteiger partial charge in [0.25, 0.3) is 0 Å². The lowest BCUT2D eigenvalue weighted by molar-refractivity contribution is 0.246. The summed E-state index contributed by atoms with van der Waals surface area (Å²) in [5, 5.41) is 15.4. The fraction of sp³-hybridized carbons (Fsp3) is 0.312. The summed E-state index contributed by atoms with van der Waals surface area (Å²) in [5.74, 6) is 1.43. The van der Waals surface area contributed by atoms with Crippen LogP contribution in [-0.2, 0) is 18.3 Å². The molecule has 7 nitrogen and oxygen atoms in total. The molecule has 0 unspecified atom stereocenters. The zero-order valence-corrected chi connectivity index (χ0v) is 23.8. The number of hydrogen-bond acceptors (Lipinski definition) is 7. The summed E-state index contributed by atoms with van der Waals surface area (Å²) < 4.78 is 17.9. The van der Waals surface area contributed by atoms with Crippen LogP contribution in [0.3, 0.4) is 0 Å². The van der Waals surface area contributed by atoms with Crippen LogP contribution in [0.15, 0.2) is 76.0 Å². The number of rotatable bonds is 12. The number of nitrogens with one attached hydrogen (secondary N) is 1. The third-order valence-corrected chi connectivity index (χ3v) is 7.92. The van der Waals surface area contributed by atoms with Crippen molar-refractivity contribution in [3.8, 4) is 27.8 Å². The van der Waals surface area contributed by atoms with Crippen LogP contribution in [0, 0.1) is 0 Å². The van der Waals surface area contributed by atoms with Crippen LogP contribution in [0.4, 0.5) is 0 Å². The van der Waals surface area contributed by atoms with E-state index in [1.165, 1.54) is 5.56 Å². The molecular weight excluding hydrogens is 524 g/mol. The number of nitrogens with zero attached hydrogens (tertiary/aromatic N) is 1. The number of thiazole rings is 1. The van der Waals surface area contributed by atoms with Gasteiger partial charge >= 0.3 is 4.87 Å². The van der Waals surface area contributed by atoms with Gasteiger partial charge in [-0.15, -0.1) is 0 Å². The van der Waals surface area contributed by atoms with Crippen molar-refractivity contribution in [2.75, 3.05) is 13.2 Å². The third kappa shape index (κ3) is 6.07. The van der Waals surface area contributed by atoms with E-state index in [0.717, 1.165) is 64.1 Å². The number of benzene rings is 3. The Hall–Kier alpha value is -4.04. The topological polar surface area (TPSA) is 97.6 Å². The van der Waals surface area contributed by atoms with Crippen LogP contribution >= 0.6 is 11.3 Å². The Bertz CT molecular complexity index is 1620. The lowest BCUT2D eigenvalue weighted by Gasteiger charge is -2.24. The zero-order chi connectivity index (χ0) is 28.1. The lowest BCUT2D eigenvalue weighted by atomic mass is 9.80. The highest BCUT2D eigenvalue weighted by Gasteiger charge is 2.25. The Kier molecular flexibility index (Phi) is 8.26. The van der Waals surface area contributed by atoms with Crippen molar-refractivity contribution in [3.63, 3.8) is 0 Å². The van der Waals surface area contributed by atoms with Gasteiger partial charge in [-0.2, -0.15) is 0 Å². The average molecular weight is 559 g/mol. The van der Waals surface area contributed by atoms with E-state index in [1.54, 1.807) is 0 Å². The second kappa shape index (κ2) is 12.0. The molecule has 0 fully saturated rings. The number of H-pyrrole nitrogens is 1. The van der Waals surface area contributed by atoms with Crippen molar-refractivity contribution in [2.45, 2.75) is 51.9 Å². The number of fused-ring (bicyclic) bond motifs is 1. The summed E-state index contributed by atoms with van der Waals surface area (Å²) in [6.45, 7) is 7.62. The molecule has 2 aromatic heterocycles. The molecule has 0 aliphatic heterocycles. The van der Waals surface area contributed by atoms with Crippen LogP contribution in [-0.4, -0.2) is 28.5 Å². The van der Waals surface area contributed by atoms with Gasteiger partial charge in [0.15, 0.2) is 5.58 Å². The minimum Gasteiger partial charge on any atom is -0.493 e. The molecule has 8 heteroatoms.